The van der Waals surface area contributed by atoms with Crippen LogP contribution in [0.15, 0.2) is 72.8 Å². The zero-order valence-corrected chi connectivity index (χ0v) is 15.4. The monoisotopic (exact) mass is 356 g/mol. The van der Waals surface area contributed by atoms with Crippen LogP contribution in [-0.4, -0.2) is 13.1 Å². The van der Waals surface area contributed by atoms with Crippen LogP contribution in [0.1, 0.15) is 21.5 Å². The van der Waals surface area contributed by atoms with Gasteiger partial charge < -0.3 is 9.47 Å². The number of esters is 1. The normalized spacial score (nSPS) is 10.9. The fraction of sp³-hybridized carbons (Fsp3) is 0.125. The average molecular weight is 356 g/mol. The van der Waals surface area contributed by atoms with Crippen molar-refractivity contribution in [1.29, 1.82) is 0 Å². The number of ether oxygens (including phenoxy) is 2. The van der Waals surface area contributed by atoms with Gasteiger partial charge in [-0.2, -0.15) is 0 Å². The number of fused-ring (bicyclic) bond motifs is 2. The van der Waals surface area contributed by atoms with E-state index in [9.17, 15) is 4.79 Å². The fourth-order valence-electron chi connectivity index (χ4n) is 3.47. The van der Waals surface area contributed by atoms with Gasteiger partial charge in [0.1, 0.15) is 12.4 Å². The third kappa shape index (κ3) is 3.24. The maximum atomic E-state index is 13.1. The third-order valence-electron chi connectivity index (χ3n) is 4.77. The van der Waals surface area contributed by atoms with E-state index >= 15 is 0 Å². The second-order valence-corrected chi connectivity index (χ2v) is 6.59. The molecule has 0 aliphatic carbocycles. The summed E-state index contributed by atoms with van der Waals surface area (Å²) in [6, 6.07) is 23.7. The van der Waals surface area contributed by atoms with Crippen LogP contribution in [0.2, 0.25) is 0 Å². The van der Waals surface area contributed by atoms with E-state index in [1.165, 1.54) is 0 Å². The molecule has 0 heterocycles. The molecule has 134 valence electrons. The zero-order valence-electron chi connectivity index (χ0n) is 15.4. The lowest BCUT2D eigenvalue weighted by molar-refractivity contribution is 0.0475. The van der Waals surface area contributed by atoms with Crippen molar-refractivity contribution in [2.75, 3.05) is 7.11 Å². The quantitative estimate of drug-likeness (QED) is 0.349. The molecule has 0 aliphatic rings. The highest BCUT2D eigenvalue weighted by Gasteiger charge is 2.17. The molecule has 0 spiro atoms. The summed E-state index contributed by atoms with van der Waals surface area (Å²) in [7, 11) is 1.62. The number of carbonyl (C=O) groups excluding carboxylic acids is 1. The second kappa shape index (κ2) is 7.12. The first-order valence-electron chi connectivity index (χ1n) is 8.88. The largest absolute Gasteiger partial charge is 0.496 e. The number of benzene rings is 4. The molecule has 0 unspecified atom stereocenters. The van der Waals surface area contributed by atoms with E-state index in [0.29, 0.717) is 5.56 Å². The minimum Gasteiger partial charge on any atom is -0.496 e. The van der Waals surface area contributed by atoms with Crippen molar-refractivity contribution in [3.05, 3.63) is 89.5 Å². The maximum absolute atomic E-state index is 13.1. The first-order valence-corrected chi connectivity index (χ1v) is 8.88. The summed E-state index contributed by atoms with van der Waals surface area (Å²) in [5, 5.41) is 3.85. The minimum absolute atomic E-state index is 0.168. The average Bonchev–Trinajstić information content (AvgIpc) is 2.70. The van der Waals surface area contributed by atoms with Gasteiger partial charge in [-0.05, 0) is 46.7 Å². The third-order valence-corrected chi connectivity index (χ3v) is 4.77. The van der Waals surface area contributed by atoms with Crippen LogP contribution in [0.4, 0.5) is 0 Å². The number of hydrogen-bond donors (Lipinski definition) is 0. The van der Waals surface area contributed by atoms with Crippen LogP contribution in [0.25, 0.3) is 21.5 Å². The number of rotatable bonds is 4. The molecular formula is C24H20O3. The summed E-state index contributed by atoms with van der Waals surface area (Å²) in [6.07, 6.45) is 0. The molecule has 0 radical (unpaired) electrons. The van der Waals surface area contributed by atoms with Crippen molar-refractivity contribution in [3.63, 3.8) is 0 Å². The highest BCUT2D eigenvalue weighted by molar-refractivity contribution is 6.16. The smallest absolute Gasteiger partial charge is 0.339 e. The molecule has 3 heteroatoms. The van der Waals surface area contributed by atoms with E-state index in [1.807, 2.05) is 73.7 Å². The number of carbonyl (C=O) groups is 1. The Labute approximate surface area is 158 Å². The predicted molar refractivity (Wildman–Crippen MR) is 108 cm³/mol. The van der Waals surface area contributed by atoms with E-state index in [-0.39, 0.29) is 12.6 Å². The first kappa shape index (κ1) is 17.1. The lowest BCUT2D eigenvalue weighted by atomic mass is 9.97. The van der Waals surface area contributed by atoms with Gasteiger partial charge in [-0.1, -0.05) is 60.2 Å². The zero-order chi connectivity index (χ0) is 18.8. The molecule has 4 rings (SSSR count). The lowest BCUT2D eigenvalue weighted by Crippen LogP contribution is -2.08. The van der Waals surface area contributed by atoms with Gasteiger partial charge >= 0.3 is 5.97 Å². The molecule has 0 fully saturated rings. The van der Waals surface area contributed by atoms with E-state index in [0.717, 1.165) is 38.4 Å². The molecule has 0 aromatic heterocycles. The summed E-state index contributed by atoms with van der Waals surface area (Å²) in [5.74, 6) is 0.391. The standard InChI is InChI=1S/C24H20O3/c1-16-11-12-22(26-2)19(13-16)15-27-24(25)23-20-9-5-3-7-17(20)14-18-8-4-6-10-21(18)23/h3-14H,15H2,1-2H3. The Bertz CT molecular complexity index is 1090. The van der Waals surface area contributed by atoms with Gasteiger partial charge in [0.2, 0.25) is 0 Å². The number of aryl methyl sites for hydroxylation is 1. The van der Waals surface area contributed by atoms with Gasteiger partial charge in [0.05, 0.1) is 12.7 Å². The molecule has 0 saturated heterocycles. The topological polar surface area (TPSA) is 35.5 Å². The Hall–Kier alpha value is -3.33. The van der Waals surface area contributed by atoms with E-state index in [4.69, 9.17) is 9.47 Å². The van der Waals surface area contributed by atoms with Gasteiger partial charge in [0.15, 0.2) is 0 Å². The molecular weight excluding hydrogens is 336 g/mol. The lowest BCUT2D eigenvalue weighted by Gasteiger charge is -2.13. The van der Waals surface area contributed by atoms with Crippen LogP contribution < -0.4 is 4.74 Å². The van der Waals surface area contributed by atoms with Crippen molar-refractivity contribution in [2.24, 2.45) is 0 Å². The van der Waals surface area contributed by atoms with E-state index in [1.54, 1.807) is 7.11 Å². The van der Waals surface area contributed by atoms with Gasteiger partial charge in [0, 0.05) is 5.56 Å². The van der Waals surface area contributed by atoms with Crippen molar-refractivity contribution in [1.82, 2.24) is 0 Å². The molecule has 3 nitrogen and oxygen atoms in total. The first-order chi connectivity index (χ1) is 13.2. The molecule has 0 aliphatic heterocycles. The second-order valence-electron chi connectivity index (χ2n) is 6.59. The summed E-state index contributed by atoms with van der Waals surface area (Å²) < 4.78 is 11.1. The maximum Gasteiger partial charge on any atom is 0.339 e. The Kier molecular flexibility index (Phi) is 4.51. The Morgan fingerprint density at radius 3 is 2.11 bits per heavy atom. The summed E-state index contributed by atoms with van der Waals surface area (Å²) in [6.45, 7) is 2.17. The van der Waals surface area contributed by atoms with E-state index in [2.05, 4.69) is 6.07 Å². The van der Waals surface area contributed by atoms with Gasteiger partial charge in [0.25, 0.3) is 0 Å². The van der Waals surface area contributed by atoms with Crippen molar-refractivity contribution in [2.45, 2.75) is 13.5 Å². The highest BCUT2D eigenvalue weighted by atomic mass is 16.5. The highest BCUT2D eigenvalue weighted by Crippen LogP contribution is 2.30. The SMILES string of the molecule is COc1ccc(C)cc1COC(=O)c1c2ccccc2cc2ccccc12. The van der Waals surface area contributed by atoms with Crippen molar-refractivity contribution in [3.8, 4) is 5.75 Å². The molecule has 4 aromatic rings. The molecule has 0 N–H and O–H groups in total. The molecule has 0 amide bonds. The van der Waals surface area contributed by atoms with Crippen LogP contribution in [0.5, 0.6) is 5.75 Å². The van der Waals surface area contributed by atoms with Crippen LogP contribution >= 0.6 is 0 Å². The Morgan fingerprint density at radius 1 is 0.852 bits per heavy atom. The van der Waals surface area contributed by atoms with Crippen LogP contribution in [-0.2, 0) is 11.3 Å². The van der Waals surface area contributed by atoms with Crippen molar-refractivity contribution >= 4 is 27.5 Å². The predicted octanol–water partition coefficient (Wildman–Crippen LogP) is 5.67. The van der Waals surface area contributed by atoms with Gasteiger partial charge in [-0.3, -0.25) is 0 Å². The van der Waals surface area contributed by atoms with Gasteiger partial charge in [-0.15, -0.1) is 0 Å². The fourth-order valence-corrected chi connectivity index (χ4v) is 3.47. The Balaban J connectivity index is 1.75. The molecule has 0 saturated carbocycles. The minimum atomic E-state index is -0.327. The molecule has 27 heavy (non-hydrogen) atoms. The van der Waals surface area contributed by atoms with Crippen molar-refractivity contribution < 1.29 is 14.3 Å². The number of methoxy groups -OCH3 is 1. The summed E-state index contributed by atoms with van der Waals surface area (Å²) >= 11 is 0. The van der Waals surface area contributed by atoms with Gasteiger partial charge in [-0.25, -0.2) is 4.79 Å². The molecule has 0 atom stereocenters. The molecule has 0 bridgehead atoms. The van der Waals surface area contributed by atoms with E-state index < -0.39 is 0 Å². The summed E-state index contributed by atoms with van der Waals surface area (Å²) in [5.41, 5.74) is 2.56. The number of hydrogen-bond acceptors (Lipinski definition) is 3. The van der Waals surface area contributed by atoms with Crippen LogP contribution in [0.3, 0.4) is 0 Å². The molecule has 4 aromatic carbocycles. The summed E-state index contributed by atoms with van der Waals surface area (Å²) in [4.78, 5) is 13.1. The van der Waals surface area contributed by atoms with Crippen LogP contribution in [0, 0.1) is 6.92 Å². The Morgan fingerprint density at radius 2 is 1.48 bits per heavy atom.